The molecule has 0 atom stereocenters. The third-order valence-corrected chi connectivity index (χ3v) is 4.61. The van der Waals surface area contributed by atoms with Gasteiger partial charge < -0.3 is 15.2 Å². The van der Waals surface area contributed by atoms with E-state index in [-0.39, 0.29) is 17.7 Å². The summed E-state index contributed by atoms with van der Waals surface area (Å²) in [5.41, 5.74) is 3.87. The summed E-state index contributed by atoms with van der Waals surface area (Å²) in [7, 11) is 0. The topological polar surface area (TPSA) is 123 Å². The highest BCUT2D eigenvalue weighted by Crippen LogP contribution is 2.24. The summed E-state index contributed by atoms with van der Waals surface area (Å²) in [6.07, 6.45) is 4.91. The van der Waals surface area contributed by atoms with Gasteiger partial charge in [0.15, 0.2) is 5.69 Å². The highest BCUT2D eigenvalue weighted by molar-refractivity contribution is 6.04. The maximum Gasteiger partial charge on any atom is 0.280 e. The number of imidazole rings is 1. The second-order valence-electron chi connectivity index (χ2n) is 6.71. The molecule has 152 valence electrons. The number of benzene rings is 1. The van der Waals surface area contributed by atoms with Crippen molar-refractivity contribution in [3.05, 3.63) is 78.4 Å². The molecule has 1 amide bonds. The number of carbonyl (C=O) groups is 1. The van der Waals surface area contributed by atoms with Gasteiger partial charge in [0.05, 0.1) is 6.20 Å². The minimum absolute atomic E-state index is 0.254. The molecule has 0 aliphatic rings. The average molecular weight is 412 g/mol. The lowest BCUT2D eigenvalue weighted by atomic mass is 10.1. The molecule has 1 aromatic carbocycles. The predicted octanol–water partition coefficient (Wildman–Crippen LogP) is 3.48. The second-order valence-corrected chi connectivity index (χ2v) is 6.71. The van der Waals surface area contributed by atoms with Crippen molar-refractivity contribution in [1.29, 1.82) is 0 Å². The van der Waals surface area contributed by atoms with Crippen LogP contribution in [0.5, 0.6) is 0 Å². The fourth-order valence-electron chi connectivity index (χ4n) is 3.04. The third-order valence-electron chi connectivity index (χ3n) is 4.61. The van der Waals surface area contributed by atoms with Gasteiger partial charge in [-0.05, 0) is 54.0 Å². The number of fused-ring (bicyclic) bond motifs is 1. The van der Waals surface area contributed by atoms with Crippen molar-refractivity contribution in [2.45, 2.75) is 6.92 Å². The zero-order valence-corrected chi connectivity index (χ0v) is 16.4. The van der Waals surface area contributed by atoms with E-state index in [0.717, 1.165) is 5.56 Å². The average Bonchev–Trinajstić information content (AvgIpc) is 3.44. The molecule has 2 N–H and O–H groups in total. The minimum Gasteiger partial charge on any atom is -0.330 e. The smallest absolute Gasteiger partial charge is 0.280 e. The van der Waals surface area contributed by atoms with Crippen LogP contribution in [0.3, 0.4) is 0 Å². The van der Waals surface area contributed by atoms with Crippen LogP contribution in [0.2, 0.25) is 0 Å². The number of carbonyl (C=O) groups excluding carboxylic acids is 1. The van der Waals surface area contributed by atoms with Gasteiger partial charge >= 0.3 is 0 Å². The van der Waals surface area contributed by atoms with E-state index in [4.69, 9.17) is 4.52 Å². The van der Waals surface area contributed by atoms with Gasteiger partial charge in [0.25, 0.3) is 17.7 Å². The molecule has 5 rings (SSSR count). The molecule has 4 aromatic heterocycles. The molecule has 5 aromatic rings. The molecule has 0 unspecified atom stereocenters. The Bertz CT molecular complexity index is 1380. The van der Waals surface area contributed by atoms with E-state index >= 15 is 0 Å². The van der Waals surface area contributed by atoms with Crippen molar-refractivity contribution in [2.24, 2.45) is 0 Å². The van der Waals surface area contributed by atoms with Gasteiger partial charge in [-0.3, -0.25) is 9.20 Å². The molecular weight excluding hydrogens is 396 g/mol. The summed E-state index contributed by atoms with van der Waals surface area (Å²) in [6.45, 7) is 1.91. The molecule has 0 fully saturated rings. The Labute approximate surface area is 176 Å². The van der Waals surface area contributed by atoms with Crippen LogP contribution >= 0.6 is 0 Å². The van der Waals surface area contributed by atoms with E-state index in [9.17, 15) is 4.79 Å². The SMILES string of the molecule is Cc1ccc(Nc2noc(-c3cccnn3)n2)cc1NC(=O)c1cnc2ccccn12. The number of hydrogen-bond acceptors (Lipinski definition) is 8. The second kappa shape index (κ2) is 7.67. The van der Waals surface area contributed by atoms with Crippen LogP contribution < -0.4 is 10.6 Å². The van der Waals surface area contributed by atoms with Crippen molar-refractivity contribution in [2.75, 3.05) is 10.6 Å². The highest BCUT2D eigenvalue weighted by Gasteiger charge is 2.14. The number of amides is 1. The lowest BCUT2D eigenvalue weighted by molar-refractivity contribution is 0.102. The van der Waals surface area contributed by atoms with Crippen molar-refractivity contribution >= 4 is 28.9 Å². The van der Waals surface area contributed by atoms with E-state index in [1.807, 2.05) is 37.3 Å². The largest absolute Gasteiger partial charge is 0.330 e. The molecule has 0 spiro atoms. The van der Waals surface area contributed by atoms with Crippen LogP contribution in [0.1, 0.15) is 16.1 Å². The first-order valence-corrected chi connectivity index (χ1v) is 9.40. The number of pyridine rings is 1. The molecule has 4 heterocycles. The summed E-state index contributed by atoms with van der Waals surface area (Å²) >= 11 is 0. The number of aryl methyl sites for hydroxylation is 1. The van der Waals surface area contributed by atoms with E-state index < -0.39 is 0 Å². The summed E-state index contributed by atoms with van der Waals surface area (Å²) in [5.74, 6) is 0.260. The molecule has 0 bridgehead atoms. The molecule has 0 saturated carbocycles. The van der Waals surface area contributed by atoms with E-state index in [2.05, 4.69) is 36.0 Å². The fraction of sp³-hybridized carbons (Fsp3) is 0.0476. The molecular formula is C21H16N8O2. The Morgan fingerprint density at radius 1 is 1.13 bits per heavy atom. The summed E-state index contributed by atoms with van der Waals surface area (Å²) in [5, 5.41) is 17.7. The van der Waals surface area contributed by atoms with Gasteiger partial charge in [-0.25, -0.2) is 4.98 Å². The number of rotatable bonds is 5. The Morgan fingerprint density at radius 3 is 2.94 bits per heavy atom. The van der Waals surface area contributed by atoms with Crippen molar-refractivity contribution in [3.8, 4) is 11.6 Å². The number of aromatic nitrogens is 6. The molecule has 0 aliphatic heterocycles. The fourth-order valence-corrected chi connectivity index (χ4v) is 3.04. The van der Waals surface area contributed by atoms with Gasteiger partial charge in [-0.2, -0.15) is 10.1 Å². The normalized spacial score (nSPS) is 10.9. The first-order valence-electron chi connectivity index (χ1n) is 9.40. The standard InChI is InChI=1S/C21H16N8O2/c1-13-7-8-14(24-21-26-20(31-28-21)15-5-4-9-23-27-15)11-16(13)25-19(30)17-12-22-18-6-2-3-10-29(17)18/h2-12H,1H3,(H,24,28)(H,25,30). The van der Waals surface area contributed by atoms with Crippen LogP contribution in [-0.2, 0) is 0 Å². The van der Waals surface area contributed by atoms with Crippen LogP contribution in [0.4, 0.5) is 17.3 Å². The van der Waals surface area contributed by atoms with Crippen LogP contribution in [0, 0.1) is 6.92 Å². The number of nitrogens with one attached hydrogen (secondary N) is 2. The first kappa shape index (κ1) is 18.4. The lowest BCUT2D eigenvalue weighted by Gasteiger charge is -2.10. The Hall–Kier alpha value is -4.60. The number of anilines is 3. The Kier molecular flexibility index (Phi) is 4.56. The van der Waals surface area contributed by atoms with Crippen LogP contribution in [0.15, 0.2) is 71.6 Å². The van der Waals surface area contributed by atoms with Crippen molar-refractivity contribution in [3.63, 3.8) is 0 Å². The molecule has 0 saturated heterocycles. The van der Waals surface area contributed by atoms with Crippen molar-refractivity contribution in [1.82, 2.24) is 29.7 Å². The summed E-state index contributed by atoms with van der Waals surface area (Å²) < 4.78 is 6.96. The third kappa shape index (κ3) is 3.69. The predicted molar refractivity (Wildman–Crippen MR) is 113 cm³/mol. The number of hydrogen-bond donors (Lipinski definition) is 2. The Balaban J connectivity index is 1.36. The molecule has 31 heavy (non-hydrogen) atoms. The summed E-state index contributed by atoms with van der Waals surface area (Å²) in [4.78, 5) is 21.4. The quantitative estimate of drug-likeness (QED) is 0.450. The highest BCUT2D eigenvalue weighted by atomic mass is 16.5. The molecule has 10 nitrogen and oxygen atoms in total. The lowest BCUT2D eigenvalue weighted by Crippen LogP contribution is -2.15. The number of nitrogens with zero attached hydrogens (tertiary/aromatic N) is 6. The summed E-state index contributed by atoms with van der Waals surface area (Å²) in [6, 6.07) is 14.6. The molecule has 0 aliphatic carbocycles. The van der Waals surface area contributed by atoms with E-state index in [0.29, 0.717) is 28.4 Å². The van der Waals surface area contributed by atoms with Gasteiger partial charge in [0, 0.05) is 23.8 Å². The maximum absolute atomic E-state index is 12.8. The first-order chi connectivity index (χ1) is 15.2. The zero-order valence-electron chi connectivity index (χ0n) is 16.4. The van der Waals surface area contributed by atoms with Crippen molar-refractivity contribution < 1.29 is 9.32 Å². The minimum atomic E-state index is -0.261. The van der Waals surface area contributed by atoms with Crippen LogP contribution in [-0.4, -0.2) is 35.6 Å². The molecule has 10 heteroatoms. The van der Waals surface area contributed by atoms with Gasteiger partial charge in [0.2, 0.25) is 0 Å². The van der Waals surface area contributed by atoms with Gasteiger partial charge in [-0.15, -0.1) is 5.10 Å². The van der Waals surface area contributed by atoms with Crippen LogP contribution in [0.25, 0.3) is 17.2 Å². The Morgan fingerprint density at radius 2 is 2.06 bits per heavy atom. The van der Waals surface area contributed by atoms with Gasteiger partial charge in [-0.1, -0.05) is 12.1 Å². The molecule has 0 radical (unpaired) electrons. The van der Waals surface area contributed by atoms with E-state index in [1.54, 1.807) is 41.2 Å². The maximum atomic E-state index is 12.8. The van der Waals surface area contributed by atoms with E-state index in [1.165, 1.54) is 0 Å². The monoisotopic (exact) mass is 412 g/mol. The van der Waals surface area contributed by atoms with Gasteiger partial charge in [0.1, 0.15) is 11.3 Å². The zero-order chi connectivity index (χ0) is 21.2.